The fourth-order valence-electron chi connectivity index (χ4n) is 4.11. The lowest BCUT2D eigenvalue weighted by Gasteiger charge is -2.15. The number of hydrogen-bond donors (Lipinski definition) is 1. The maximum atomic E-state index is 13.0. The van der Waals surface area contributed by atoms with Gasteiger partial charge in [0.15, 0.2) is 0 Å². The molecular weight excluding hydrogens is 432 g/mol. The normalized spacial score (nSPS) is 11.1. The van der Waals surface area contributed by atoms with Crippen LogP contribution in [0.25, 0.3) is 11.0 Å². The Labute approximate surface area is 196 Å². The van der Waals surface area contributed by atoms with E-state index in [2.05, 4.69) is 10.5 Å². The molecular formula is C26H28N4O4. The average Bonchev–Trinajstić information content (AvgIpc) is 3.15. The van der Waals surface area contributed by atoms with Gasteiger partial charge in [-0.05, 0) is 44.9 Å². The Bertz CT molecular complexity index is 1430. The fraction of sp³-hybridized carbons (Fsp3) is 0.308. The monoisotopic (exact) mass is 460 g/mol. The lowest BCUT2D eigenvalue weighted by Crippen LogP contribution is -2.42. The van der Waals surface area contributed by atoms with Gasteiger partial charge in [-0.25, -0.2) is 0 Å². The zero-order chi connectivity index (χ0) is 24.2. The molecule has 1 N–H and O–H groups in total. The molecule has 176 valence electrons. The molecule has 34 heavy (non-hydrogen) atoms. The molecule has 0 spiro atoms. The Balaban J connectivity index is 1.51. The lowest BCUT2D eigenvalue weighted by atomic mass is 10.1. The highest BCUT2D eigenvalue weighted by Gasteiger charge is 2.15. The summed E-state index contributed by atoms with van der Waals surface area (Å²) < 4.78 is 8.05. The van der Waals surface area contributed by atoms with Crippen LogP contribution in [-0.2, 0) is 24.3 Å². The van der Waals surface area contributed by atoms with Crippen LogP contribution in [0.3, 0.4) is 0 Å². The van der Waals surface area contributed by atoms with Gasteiger partial charge in [0.2, 0.25) is 5.91 Å². The number of para-hydroxylation sites is 2. The van der Waals surface area contributed by atoms with Crippen molar-refractivity contribution in [1.29, 1.82) is 0 Å². The first-order valence-electron chi connectivity index (χ1n) is 11.3. The van der Waals surface area contributed by atoms with Gasteiger partial charge in [-0.3, -0.25) is 19.0 Å². The van der Waals surface area contributed by atoms with Gasteiger partial charge in [-0.1, -0.05) is 47.1 Å². The van der Waals surface area contributed by atoms with Gasteiger partial charge in [0.25, 0.3) is 0 Å². The van der Waals surface area contributed by atoms with E-state index < -0.39 is 11.1 Å². The molecule has 0 radical (unpaired) electrons. The Kier molecular flexibility index (Phi) is 6.77. The minimum atomic E-state index is -0.630. The van der Waals surface area contributed by atoms with E-state index in [1.807, 2.05) is 63.2 Å². The second kappa shape index (κ2) is 9.91. The number of nitrogens with zero attached hydrogens (tertiary/aromatic N) is 3. The maximum absolute atomic E-state index is 13.0. The summed E-state index contributed by atoms with van der Waals surface area (Å²) in [5, 5.41) is 6.79. The first kappa shape index (κ1) is 23.2. The van der Waals surface area contributed by atoms with Crippen LogP contribution in [0, 0.1) is 20.8 Å². The van der Waals surface area contributed by atoms with Crippen LogP contribution in [0.5, 0.6) is 0 Å². The van der Waals surface area contributed by atoms with E-state index in [1.165, 1.54) is 9.13 Å². The number of carbonyl (C=O) groups excluding carboxylic acids is 1. The predicted molar refractivity (Wildman–Crippen MR) is 130 cm³/mol. The minimum absolute atomic E-state index is 0.0902. The highest BCUT2D eigenvalue weighted by molar-refractivity contribution is 5.77. The zero-order valence-corrected chi connectivity index (χ0v) is 19.6. The van der Waals surface area contributed by atoms with Crippen LogP contribution in [0.2, 0.25) is 0 Å². The molecule has 0 unspecified atom stereocenters. The first-order chi connectivity index (χ1) is 16.3. The molecule has 0 saturated carbocycles. The Morgan fingerprint density at radius 2 is 1.59 bits per heavy atom. The molecule has 0 saturated heterocycles. The third-order valence-electron chi connectivity index (χ3n) is 6.04. The first-order valence-corrected chi connectivity index (χ1v) is 11.3. The molecule has 2 aromatic carbocycles. The van der Waals surface area contributed by atoms with Crippen molar-refractivity contribution in [2.24, 2.45) is 0 Å². The van der Waals surface area contributed by atoms with E-state index >= 15 is 0 Å². The summed E-state index contributed by atoms with van der Waals surface area (Å²) in [5.41, 5.74) is 3.92. The summed E-state index contributed by atoms with van der Waals surface area (Å²) in [4.78, 5) is 38.4. The topological polar surface area (TPSA) is 99.1 Å². The predicted octanol–water partition coefficient (Wildman–Crippen LogP) is 2.87. The average molecular weight is 461 g/mol. The van der Waals surface area contributed by atoms with E-state index in [-0.39, 0.29) is 18.9 Å². The van der Waals surface area contributed by atoms with Crippen LogP contribution < -0.4 is 16.4 Å². The molecule has 4 aromatic rings. The number of nitrogens with one attached hydrogen (secondary N) is 1. The molecule has 0 fully saturated rings. The molecule has 1 amide bonds. The largest absolute Gasteiger partial charge is 0.361 e. The van der Waals surface area contributed by atoms with Crippen LogP contribution in [-0.4, -0.2) is 26.7 Å². The van der Waals surface area contributed by atoms with Crippen LogP contribution in [0.15, 0.2) is 62.6 Å². The van der Waals surface area contributed by atoms with E-state index in [9.17, 15) is 14.4 Å². The molecule has 8 heteroatoms. The summed E-state index contributed by atoms with van der Waals surface area (Å²) in [6.45, 7) is 6.58. The number of aryl methyl sites for hydroxylation is 4. The van der Waals surface area contributed by atoms with Gasteiger partial charge in [-0.2, -0.15) is 0 Å². The number of rotatable bonds is 8. The molecule has 8 nitrogen and oxygen atoms in total. The van der Waals surface area contributed by atoms with E-state index in [0.717, 1.165) is 28.1 Å². The maximum Gasteiger partial charge on any atom is 0.317 e. The number of benzene rings is 2. The van der Waals surface area contributed by atoms with Crippen molar-refractivity contribution in [3.63, 3.8) is 0 Å². The molecule has 2 heterocycles. The highest BCUT2D eigenvalue weighted by atomic mass is 16.5. The van der Waals surface area contributed by atoms with Crippen LogP contribution in [0.4, 0.5) is 0 Å². The molecule has 2 aromatic heterocycles. The molecule has 0 aliphatic carbocycles. The van der Waals surface area contributed by atoms with Gasteiger partial charge in [0, 0.05) is 25.1 Å². The lowest BCUT2D eigenvalue weighted by molar-refractivity contribution is -0.121. The van der Waals surface area contributed by atoms with Gasteiger partial charge in [0.1, 0.15) is 5.76 Å². The van der Waals surface area contributed by atoms with Crippen molar-refractivity contribution in [2.45, 2.75) is 46.7 Å². The number of carbonyl (C=O) groups is 1. The second-order valence-electron chi connectivity index (χ2n) is 8.48. The smallest absolute Gasteiger partial charge is 0.317 e. The molecule has 0 aliphatic rings. The van der Waals surface area contributed by atoms with Crippen molar-refractivity contribution in [3.05, 3.63) is 97.4 Å². The fourth-order valence-corrected chi connectivity index (χ4v) is 4.11. The summed E-state index contributed by atoms with van der Waals surface area (Å²) >= 11 is 0. The van der Waals surface area contributed by atoms with Crippen molar-refractivity contribution < 1.29 is 9.32 Å². The number of hydrogen-bond acceptors (Lipinski definition) is 5. The second-order valence-corrected chi connectivity index (χ2v) is 8.48. The SMILES string of the molecule is Cc1ccc(Cn2c(=O)c(=O)n(CCC(=O)NCCc3c(C)noc3C)c3ccccc32)cc1. The summed E-state index contributed by atoms with van der Waals surface area (Å²) in [7, 11) is 0. The van der Waals surface area contributed by atoms with Crippen molar-refractivity contribution in [2.75, 3.05) is 6.54 Å². The Hall–Kier alpha value is -3.94. The summed E-state index contributed by atoms with van der Waals surface area (Å²) in [6, 6.07) is 15.2. The Morgan fingerprint density at radius 3 is 2.24 bits per heavy atom. The van der Waals surface area contributed by atoms with Gasteiger partial charge in [-0.15, -0.1) is 0 Å². The number of aromatic nitrogens is 3. The summed E-state index contributed by atoms with van der Waals surface area (Å²) in [6.07, 6.45) is 0.706. The van der Waals surface area contributed by atoms with Crippen LogP contribution >= 0.6 is 0 Å². The van der Waals surface area contributed by atoms with Crippen molar-refractivity contribution in [3.8, 4) is 0 Å². The third-order valence-corrected chi connectivity index (χ3v) is 6.04. The molecule has 0 atom stereocenters. The molecule has 0 bridgehead atoms. The van der Waals surface area contributed by atoms with E-state index in [1.54, 1.807) is 6.07 Å². The molecule has 4 rings (SSSR count). The molecule has 0 aliphatic heterocycles. The van der Waals surface area contributed by atoms with Gasteiger partial charge >= 0.3 is 11.1 Å². The third kappa shape index (κ3) is 4.85. The zero-order valence-electron chi connectivity index (χ0n) is 19.6. The van der Waals surface area contributed by atoms with Crippen molar-refractivity contribution >= 4 is 16.9 Å². The van der Waals surface area contributed by atoms with Crippen LogP contribution in [0.1, 0.15) is 34.6 Å². The Morgan fingerprint density at radius 1 is 0.941 bits per heavy atom. The minimum Gasteiger partial charge on any atom is -0.361 e. The number of fused-ring (bicyclic) bond motifs is 1. The highest BCUT2D eigenvalue weighted by Crippen LogP contribution is 2.14. The standard InChI is InChI=1S/C26H28N4O4/c1-17-8-10-20(11-9-17)16-30-23-7-5-4-6-22(23)29(25(32)26(30)33)15-13-24(31)27-14-12-21-18(2)28-34-19(21)3/h4-11H,12-16H2,1-3H3,(H,27,31). The number of amides is 1. The van der Waals surface area contributed by atoms with E-state index in [4.69, 9.17) is 4.52 Å². The van der Waals surface area contributed by atoms with Gasteiger partial charge in [0.05, 0.1) is 23.3 Å². The quantitative estimate of drug-likeness (QED) is 0.408. The van der Waals surface area contributed by atoms with Crippen molar-refractivity contribution in [1.82, 2.24) is 19.6 Å². The van der Waals surface area contributed by atoms with Gasteiger partial charge < -0.3 is 14.4 Å². The summed E-state index contributed by atoms with van der Waals surface area (Å²) in [5.74, 6) is 0.558. The van der Waals surface area contributed by atoms with E-state index in [0.29, 0.717) is 30.5 Å².